The average Bonchev–Trinajstić information content (AvgIpc) is 3.00. The Hall–Kier alpha value is -0.710. The van der Waals surface area contributed by atoms with Gasteiger partial charge in [-0.1, -0.05) is 6.92 Å². The second-order valence-electron chi connectivity index (χ2n) is 4.28. The van der Waals surface area contributed by atoms with Crippen LogP contribution >= 0.6 is 11.8 Å². The lowest BCUT2D eigenvalue weighted by Gasteiger charge is -2.26. The fourth-order valence-electron chi connectivity index (χ4n) is 1.65. The first-order valence-corrected chi connectivity index (χ1v) is 6.78. The van der Waals surface area contributed by atoms with Gasteiger partial charge in [-0.2, -0.15) is 11.8 Å². The smallest absolute Gasteiger partial charge is 0.329 e. The molecular formula is C11H19NO3S. The normalized spacial score (nSPS) is 18.9. The molecule has 1 rings (SSSR count). The number of hydrogen-bond donors (Lipinski definition) is 2. The van der Waals surface area contributed by atoms with E-state index in [0.717, 1.165) is 24.3 Å². The maximum absolute atomic E-state index is 11.6. The Kier molecular flexibility index (Phi) is 4.65. The Bertz CT molecular complexity index is 278. The molecule has 0 saturated heterocycles. The number of carbonyl (C=O) groups is 2. The van der Waals surface area contributed by atoms with Crippen LogP contribution in [0.2, 0.25) is 0 Å². The lowest BCUT2D eigenvalue weighted by molar-refractivity contribution is -0.147. The molecule has 1 saturated carbocycles. The van der Waals surface area contributed by atoms with Gasteiger partial charge in [0, 0.05) is 12.2 Å². The third kappa shape index (κ3) is 3.40. The zero-order chi connectivity index (χ0) is 12.2. The third-order valence-corrected chi connectivity index (χ3v) is 3.82. The number of hydrogen-bond acceptors (Lipinski definition) is 3. The van der Waals surface area contributed by atoms with Gasteiger partial charge in [-0.3, -0.25) is 4.79 Å². The van der Waals surface area contributed by atoms with Crippen LogP contribution in [0.5, 0.6) is 0 Å². The molecular weight excluding hydrogens is 226 g/mol. The van der Waals surface area contributed by atoms with Crippen molar-refractivity contribution in [3.05, 3.63) is 0 Å². The van der Waals surface area contributed by atoms with Crippen LogP contribution < -0.4 is 5.32 Å². The van der Waals surface area contributed by atoms with E-state index in [1.165, 1.54) is 0 Å². The van der Waals surface area contributed by atoms with E-state index in [9.17, 15) is 9.59 Å². The maximum atomic E-state index is 11.6. The molecule has 1 unspecified atom stereocenters. The molecule has 0 aromatic rings. The molecule has 2 N–H and O–H groups in total. The van der Waals surface area contributed by atoms with Crippen LogP contribution in [0, 0.1) is 5.92 Å². The third-order valence-electron chi connectivity index (χ3n) is 2.91. The molecule has 0 aliphatic heterocycles. The second-order valence-corrected chi connectivity index (χ2v) is 5.67. The molecule has 0 spiro atoms. The number of nitrogens with one attached hydrogen (secondary N) is 1. The largest absolute Gasteiger partial charge is 0.480 e. The molecule has 16 heavy (non-hydrogen) atoms. The molecule has 1 amide bonds. The summed E-state index contributed by atoms with van der Waals surface area (Å²) in [7, 11) is 0. The monoisotopic (exact) mass is 245 g/mol. The Labute approximate surface area is 100 Å². The molecule has 0 aromatic heterocycles. The van der Waals surface area contributed by atoms with E-state index in [1.807, 2.05) is 6.92 Å². The van der Waals surface area contributed by atoms with Crippen LogP contribution in [-0.2, 0) is 9.59 Å². The number of carboxylic acids is 1. The minimum atomic E-state index is -1.06. The van der Waals surface area contributed by atoms with Crippen LogP contribution in [0.25, 0.3) is 0 Å². The lowest BCUT2D eigenvalue weighted by Crippen LogP contribution is -2.54. The molecule has 1 aliphatic carbocycles. The highest BCUT2D eigenvalue weighted by molar-refractivity contribution is 7.99. The number of carbonyl (C=O) groups excluding carboxylic acids is 1. The van der Waals surface area contributed by atoms with Gasteiger partial charge in [-0.15, -0.1) is 0 Å². The zero-order valence-corrected chi connectivity index (χ0v) is 10.6. The van der Waals surface area contributed by atoms with Crippen LogP contribution in [0.3, 0.4) is 0 Å². The Balaban J connectivity index is 2.43. The Morgan fingerprint density at radius 2 is 2.12 bits per heavy atom. The summed E-state index contributed by atoms with van der Waals surface area (Å²) in [5, 5.41) is 11.8. The van der Waals surface area contributed by atoms with Gasteiger partial charge in [0.05, 0.1) is 0 Å². The first kappa shape index (κ1) is 13.4. The van der Waals surface area contributed by atoms with Crippen molar-refractivity contribution in [1.29, 1.82) is 0 Å². The fourth-order valence-corrected chi connectivity index (χ4v) is 2.27. The van der Waals surface area contributed by atoms with Gasteiger partial charge in [0.1, 0.15) is 5.54 Å². The summed E-state index contributed by atoms with van der Waals surface area (Å²) in [6, 6.07) is 0. The summed E-state index contributed by atoms with van der Waals surface area (Å²) in [5.74, 6) is 0.756. The first-order valence-electron chi connectivity index (χ1n) is 5.63. The van der Waals surface area contributed by atoms with Crippen molar-refractivity contribution in [2.75, 3.05) is 11.5 Å². The van der Waals surface area contributed by atoms with Crippen molar-refractivity contribution in [1.82, 2.24) is 5.32 Å². The van der Waals surface area contributed by atoms with Gasteiger partial charge >= 0.3 is 5.97 Å². The van der Waals surface area contributed by atoms with Crippen molar-refractivity contribution in [3.63, 3.8) is 0 Å². The lowest BCUT2D eigenvalue weighted by atomic mass is 9.96. The minimum Gasteiger partial charge on any atom is -0.480 e. The van der Waals surface area contributed by atoms with E-state index in [-0.39, 0.29) is 11.8 Å². The molecule has 5 heteroatoms. The van der Waals surface area contributed by atoms with Crippen molar-refractivity contribution in [2.45, 2.75) is 38.6 Å². The highest BCUT2D eigenvalue weighted by Gasteiger charge is 2.48. The van der Waals surface area contributed by atoms with Crippen molar-refractivity contribution >= 4 is 23.6 Å². The molecule has 1 atom stereocenters. The summed E-state index contributed by atoms with van der Waals surface area (Å²) < 4.78 is 0. The molecule has 1 fully saturated rings. The maximum Gasteiger partial charge on any atom is 0.329 e. The van der Waals surface area contributed by atoms with E-state index in [4.69, 9.17) is 5.11 Å². The molecule has 0 heterocycles. The van der Waals surface area contributed by atoms with Crippen LogP contribution in [0.4, 0.5) is 0 Å². The Morgan fingerprint density at radius 3 is 2.56 bits per heavy atom. The van der Waals surface area contributed by atoms with E-state index < -0.39 is 11.5 Å². The number of aliphatic carboxylic acids is 1. The number of thioether (sulfide) groups is 1. The standard InChI is InChI=1S/C11H19NO3S/c1-3-16-7-6-9(13)12-11(2,10(14)15)8-4-5-8/h8H,3-7H2,1-2H3,(H,12,13)(H,14,15). The summed E-state index contributed by atoms with van der Waals surface area (Å²) >= 11 is 1.69. The van der Waals surface area contributed by atoms with Crippen LogP contribution in [0.1, 0.15) is 33.1 Å². The van der Waals surface area contributed by atoms with Crippen molar-refractivity contribution in [2.24, 2.45) is 5.92 Å². The van der Waals surface area contributed by atoms with Crippen LogP contribution in [0.15, 0.2) is 0 Å². The van der Waals surface area contributed by atoms with Gasteiger partial charge < -0.3 is 10.4 Å². The first-order chi connectivity index (χ1) is 7.50. The van der Waals surface area contributed by atoms with Crippen molar-refractivity contribution < 1.29 is 14.7 Å². The Morgan fingerprint density at radius 1 is 1.50 bits per heavy atom. The van der Waals surface area contributed by atoms with Gasteiger partial charge in [0.2, 0.25) is 5.91 Å². The predicted molar refractivity (Wildman–Crippen MR) is 64.5 cm³/mol. The van der Waals surface area contributed by atoms with E-state index in [1.54, 1.807) is 18.7 Å². The molecule has 0 radical (unpaired) electrons. The highest BCUT2D eigenvalue weighted by atomic mass is 32.2. The van der Waals surface area contributed by atoms with E-state index in [0.29, 0.717) is 6.42 Å². The topological polar surface area (TPSA) is 66.4 Å². The van der Waals surface area contributed by atoms with Gasteiger partial charge in [0.15, 0.2) is 0 Å². The number of amides is 1. The van der Waals surface area contributed by atoms with Gasteiger partial charge in [-0.25, -0.2) is 4.79 Å². The molecule has 1 aliphatic rings. The molecule has 92 valence electrons. The summed E-state index contributed by atoms with van der Waals surface area (Å²) in [6.45, 7) is 3.64. The number of carboxylic acid groups (broad SMARTS) is 1. The van der Waals surface area contributed by atoms with E-state index >= 15 is 0 Å². The van der Waals surface area contributed by atoms with Gasteiger partial charge in [0.25, 0.3) is 0 Å². The minimum absolute atomic E-state index is 0.104. The quantitative estimate of drug-likeness (QED) is 0.667. The molecule has 0 bridgehead atoms. The highest BCUT2D eigenvalue weighted by Crippen LogP contribution is 2.39. The SMILES string of the molecule is CCSCCC(=O)NC(C)(C(=O)O)C1CC1. The fraction of sp³-hybridized carbons (Fsp3) is 0.818. The zero-order valence-electron chi connectivity index (χ0n) is 9.78. The van der Waals surface area contributed by atoms with Crippen LogP contribution in [-0.4, -0.2) is 34.0 Å². The average molecular weight is 245 g/mol. The second kappa shape index (κ2) is 5.57. The van der Waals surface area contributed by atoms with Crippen molar-refractivity contribution in [3.8, 4) is 0 Å². The van der Waals surface area contributed by atoms with Gasteiger partial charge in [-0.05, 0) is 31.4 Å². The number of rotatable bonds is 7. The molecule has 0 aromatic carbocycles. The summed E-state index contributed by atoms with van der Waals surface area (Å²) in [5.41, 5.74) is -1.06. The summed E-state index contributed by atoms with van der Waals surface area (Å²) in [6.07, 6.45) is 2.19. The van der Waals surface area contributed by atoms with E-state index in [2.05, 4.69) is 5.32 Å². The molecule has 4 nitrogen and oxygen atoms in total. The summed E-state index contributed by atoms with van der Waals surface area (Å²) in [4.78, 5) is 22.7. The predicted octanol–water partition coefficient (Wildman–Crippen LogP) is 1.50.